The van der Waals surface area contributed by atoms with E-state index in [1.54, 1.807) is 25.3 Å². The van der Waals surface area contributed by atoms with Gasteiger partial charge in [-0.05, 0) is 60.4 Å². The van der Waals surface area contributed by atoms with Gasteiger partial charge in [0.1, 0.15) is 5.76 Å². The molecular formula is C28H29NO4. The van der Waals surface area contributed by atoms with Crippen LogP contribution in [0.2, 0.25) is 0 Å². The van der Waals surface area contributed by atoms with Crippen LogP contribution in [-0.2, 0) is 14.2 Å². The average Bonchev–Trinajstić information content (AvgIpc) is 3.30. The number of hydrogen-bond acceptors (Lipinski definition) is 5. The lowest BCUT2D eigenvalue weighted by molar-refractivity contribution is 0.0600. The molecule has 0 bridgehead atoms. The molecule has 1 aliphatic heterocycles. The maximum Gasteiger partial charge on any atom is 0.337 e. The fourth-order valence-electron chi connectivity index (χ4n) is 3.46. The van der Waals surface area contributed by atoms with Gasteiger partial charge < -0.3 is 14.2 Å². The lowest BCUT2D eigenvalue weighted by Crippen LogP contribution is -2.30. The molecule has 170 valence electrons. The van der Waals surface area contributed by atoms with Crippen LogP contribution in [0, 0.1) is 11.8 Å². The van der Waals surface area contributed by atoms with Gasteiger partial charge in [-0.25, -0.2) is 4.79 Å². The summed E-state index contributed by atoms with van der Waals surface area (Å²) in [7, 11) is 3.03. The van der Waals surface area contributed by atoms with Crippen molar-refractivity contribution in [2.75, 3.05) is 21.0 Å². The zero-order chi connectivity index (χ0) is 23.6. The zero-order valence-electron chi connectivity index (χ0n) is 19.3. The van der Waals surface area contributed by atoms with E-state index in [2.05, 4.69) is 35.9 Å². The van der Waals surface area contributed by atoms with Gasteiger partial charge in [-0.2, -0.15) is 0 Å². The van der Waals surface area contributed by atoms with Crippen LogP contribution in [0.1, 0.15) is 29.3 Å². The van der Waals surface area contributed by atoms with Crippen LogP contribution in [0.5, 0.6) is 0 Å². The molecule has 0 radical (unpaired) electrons. The number of rotatable bonds is 6. The molecule has 1 N–H and O–H groups in total. The Hall–Kier alpha value is -3.59. The first-order valence-corrected chi connectivity index (χ1v) is 10.7. The fourth-order valence-corrected chi connectivity index (χ4v) is 3.46. The maximum atomic E-state index is 11.7. The van der Waals surface area contributed by atoms with Crippen LogP contribution >= 0.6 is 0 Å². The van der Waals surface area contributed by atoms with Crippen LogP contribution in [0.4, 0.5) is 0 Å². The second kappa shape index (κ2) is 11.9. The fraction of sp³-hybridized carbons (Fsp3) is 0.250. The second-order valence-electron chi connectivity index (χ2n) is 7.66. The third kappa shape index (κ3) is 6.95. The van der Waals surface area contributed by atoms with Gasteiger partial charge in [-0.1, -0.05) is 54.9 Å². The van der Waals surface area contributed by atoms with Crippen LogP contribution in [0.3, 0.4) is 0 Å². The normalized spacial score (nSPS) is 21.5. The standard InChI is InChI=1S/C28H29NO4/c1-20(14-15-22-10-6-12-24(16-22)28(30)32-4)8-5-9-21(2)27-26(33-19-29-27)18-23-11-7-13-25(17-23)31-3/h5-10,12-13,16-18,26-27,29H,2,11,19H2,1,3-4H3. The van der Waals surface area contributed by atoms with E-state index in [4.69, 9.17) is 14.2 Å². The highest BCUT2D eigenvalue weighted by Gasteiger charge is 2.27. The molecular weight excluding hydrogens is 414 g/mol. The molecule has 0 saturated carbocycles. The molecule has 1 saturated heterocycles. The molecule has 5 nitrogen and oxygen atoms in total. The highest BCUT2D eigenvalue weighted by atomic mass is 16.5. The van der Waals surface area contributed by atoms with Crippen molar-refractivity contribution in [2.45, 2.75) is 25.5 Å². The van der Waals surface area contributed by atoms with Gasteiger partial charge in [-0.15, -0.1) is 0 Å². The summed E-state index contributed by atoms with van der Waals surface area (Å²) in [6.45, 7) is 6.63. The summed E-state index contributed by atoms with van der Waals surface area (Å²) in [6, 6.07) is 7.07. The zero-order valence-corrected chi connectivity index (χ0v) is 19.3. The van der Waals surface area contributed by atoms with Gasteiger partial charge in [0.25, 0.3) is 0 Å². The molecule has 0 amide bonds. The molecule has 2 atom stereocenters. The van der Waals surface area contributed by atoms with Crippen molar-refractivity contribution in [2.24, 2.45) is 0 Å². The number of carbonyl (C=O) groups excluding carboxylic acids is 1. The molecule has 33 heavy (non-hydrogen) atoms. The molecule has 2 aliphatic rings. The number of carbonyl (C=O) groups is 1. The van der Waals surface area contributed by atoms with E-state index in [1.165, 1.54) is 7.11 Å². The molecule has 0 spiro atoms. The predicted octanol–water partition coefficient (Wildman–Crippen LogP) is 4.61. The Kier molecular flexibility index (Phi) is 8.65. The lowest BCUT2D eigenvalue weighted by atomic mass is 9.98. The summed E-state index contributed by atoms with van der Waals surface area (Å²) < 4.78 is 15.9. The summed E-state index contributed by atoms with van der Waals surface area (Å²) in [4.78, 5) is 11.7. The second-order valence-corrected chi connectivity index (χ2v) is 7.66. The smallest absolute Gasteiger partial charge is 0.337 e. The van der Waals surface area contributed by atoms with Crippen LogP contribution < -0.4 is 5.32 Å². The quantitative estimate of drug-likeness (QED) is 0.395. The monoisotopic (exact) mass is 443 g/mol. The Balaban J connectivity index is 1.62. The van der Waals surface area contributed by atoms with E-state index < -0.39 is 0 Å². The largest absolute Gasteiger partial charge is 0.497 e. The molecule has 1 aromatic carbocycles. The van der Waals surface area contributed by atoms with Gasteiger partial charge in [-0.3, -0.25) is 5.32 Å². The molecule has 1 heterocycles. The lowest BCUT2D eigenvalue weighted by Gasteiger charge is -2.17. The first-order valence-electron chi connectivity index (χ1n) is 10.7. The minimum absolute atomic E-state index is 0.0000901. The molecule has 3 rings (SSSR count). The number of benzene rings is 1. The highest BCUT2D eigenvalue weighted by Crippen LogP contribution is 2.22. The molecule has 1 aliphatic carbocycles. The third-order valence-electron chi connectivity index (χ3n) is 5.23. The SMILES string of the molecule is C=C(C=CC=C(C)C#Cc1cccc(C(=O)OC)c1)C1NCOC1C=C1C=C(OC)C=CC1. The van der Waals surface area contributed by atoms with Crippen molar-refractivity contribution in [3.63, 3.8) is 0 Å². The number of ether oxygens (including phenoxy) is 3. The van der Waals surface area contributed by atoms with E-state index in [9.17, 15) is 4.79 Å². The Morgan fingerprint density at radius 2 is 2.18 bits per heavy atom. The minimum Gasteiger partial charge on any atom is -0.497 e. The third-order valence-corrected chi connectivity index (χ3v) is 5.23. The number of methoxy groups -OCH3 is 2. The molecule has 2 unspecified atom stereocenters. The van der Waals surface area contributed by atoms with Gasteiger partial charge >= 0.3 is 5.97 Å². The summed E-state index contributed by atoms with van der Waals surface area (Å²) in [5.74, 6) is 6.64. The van der Waals surface area contributed by atoms with Crippen molar-refractivity contribution in [3.05, 3.63) is 107 Å². The number of esters is 1. The Labute approximate surface area is 195 Å². The van der Waals surface area contributed by atoms with Crippen molar-refractivity contribution in [1.29, 1.82) is 0 Å². The number of allylic oxidation sites excluding steroid dienone is 7. The van der Waals surface area contributed by atoms with Gasteiger partial charge in [0.05, 0.1) is 38.7 Å². The van der Waals surface area contributed by atoms with E-state index in [-0.39, 0.29) is 18.1 Å². The van der Waals surface area contributed by atoms with Crippen molar-refractivity contribution < 1.29 is 19.0 Å². The van der Waals surface area contributed by atoms with Crippen LogP contribution in [0.15, 0.2) is 95.9 Å². The Morgan fingerprint density at radius 1 is 1.33 bits per heavy atom. The summed E-state index contributed by atoms with van der Waals surface area (Å²) in [5, 5.41) is 3.35. The molecule has 1 fully saturated rings. The van der Waals surface area contributed by atoms with Gasteiger partial charge in [0, 0.05) is 5.56 Å². The topological polar surface area (TPSA) is 56.8 Å². The van der Waals surface area contributed by atoms with Gasteiger partial charge in [0.2, 0.25) is 0 Å². The molecule has 0 aromatic heterocycles. The maximum absolute atomic E-state index is 11.7. The average molecular weight is 444 g/mol. The summed E-state index contributed by atoms with van der Waals surface area (Å²) >= 11 is 0. The summed E-state index contributed by atoms with van der Waals surface area (Å²) in [5.41, 5.74) is 4.22. The first kappa shape index (κ1) is 24.1. The van der Waals surface area contributed by atoms with Crippen molar-refractivity contribution in [1.82, 2.24) is 5.32 Å². The summed E-state index contributed by atoms with van der Waals surface area (Å²) in [6.07, 6.45) is 14.8. The number of nitrogens with one attached hydrogen (secondary N) is 1. The first-order chi connectivity index (χ1) is 16.0. The van der Waals surface area contributed by atoms with Crippen LogP contribution in [-0.4, -0.2) is 39.1 Å². The van der Waals surface area contributed by atoms with Crippen LogP contribution in [0.25, 0.3) is 0 Å². The van der Waals surface area contributed by atoms with E-state index >= 15 is 0 Å². The Morgan fingerprint density at radius 3 is 2.97 bits per heavy atom. The van der Waals surface area contributed by atoms with E-state index in [1.807, 2.05) is 43.4 Å². The van der Waals surface area contributed by atoms with Crippen molar-refractivity contribution >= 4 is 5.97 Å². The predicted molar refractivity (Wildman–Crippen MR) is 130 cm³/mol. The molecule has 5 heteroatoms. The highest BCUT2D eigenvalue weighted by molar-refractivity contribution is 5.89. The van der Waals surface area contributed by atoms with E-state index in [0.717, 1.165) is 34.5 Å². The van der Waals surface area contributed by atoms with E-state index in [0.29, 0.717) is 12.3 Å². The van der Waals surface area contributed by atoms with Gasteiger partial charge in [0.15, 0.2) is 0 Å². The Bertz CT molecular complexity index is 1110. The number of hydrogen-bond donors (Lipinski definition) is 1. The molecule has 1 aromatic rings. The minimum atomic E-state index is -0.374. The van der Waals surface area contributed by atoms with Crippen molar-refractivity contribution in [3.8, 4) is 11.8 Å².